The van der Waals surface area contributed by atoms with Crippen LogP contribution < -0.4 is 0 Å². The van der Waals surface area contributed by atoms with E-state index in [1.54, 1.807) is 0 Å². The summed E-state index contributed by atoms with van der Waals surface area (Å²) in [4.78, 5) is 12.2. The number of rotatable bonds is 2. The summed E-state index contributed by atoms with van der Waals surface area (Å²) in [5, 5.41) is 0. The molecule has 0 amide bonds. The molecule has 0 saturated carbocycles. The SMILES string of the molecule is CC.CC(C)(C)OC(=O)Cc1cccc2c1C(C)(C)OCC2(C)C. The lowest BCUT2D eigenvalue weighted by molar-refractivity contribution is -0.154. The van der Waals surface area contributed by atoms with E-state index in [2.05, 4.69) is 33.8 Å². The number of fused-ring (bicyclic) bond motifs is 1. The first-order chi connectivity index (χ1) is 10.9. The summed E-state index contributed by atoms with van der Waals surface area (Å²) in [5.74, 6) is -0.194. The average molecular weight is 335 g/mol. The molecular weight excluding hydrogens is 300 g/mol. The van der Waals surface area contributed by atoms with Crippen LogP contribution in [0.4, 0.5) is 0 Å². The van der Waals surface area contributed by atoms with Gasteiger partial charge in [0.1, 0.15) is 5.60 Å². The van der Waals surface area contributed by atoms with Crippen LogP contribution in [0.3, 0.4) is 0 Å². The number of benzene rings is 1. The van der Waals surface area contributed by atoms with Gasteiger partial charge in [-0.05, 0) is 51.3 Å². The number of carbonyl (C=O) groups is 1. The first-order valence-corrected chi connectivity index (χ1v) is 8.91. The second-order valence-corrected chi connectivity index (χ2v) is 8.29. The Balaban J connectivity index is 0.00000139. The maximum absolute atomic E-state index is 12.2. The van der Waals surface area contributed by atoms with Crippen LogP contribution in [-0.2, 0) is 31.7 Å². The van der Waals surface area contributed by atoms with E-state index in [4.69, 9.17) is 9.47 Å². The molecule has 0 N–H and O–H groups in total. The molecule has 0 aromatic heterocycles. The van der Waals surface area contributed by atoms with Gasteiger partial charge in [0.2, 0.25) is 0 Å². The highest BCUT2D eigenvalue weighted by Gasteiger charge is 2.39. The van der Waals surface area contributed by atoms with Crippen molar-refractivity contribution in [1.29, 1.82) is 0 Å². The van der Waals surface area contributed by atoms with Gasteiger partial charge < -0.3 is 9.47 Å². The van der Waals surface area contributed by atoms with Gasteiger partial charge in [0.15, 0.2) is 0 Å². The molecule has 0 atom stereocenters. The third-order valence-electron chi connectivity index (χ3n) is 4.03. The molecule has 0 radical (unpaired) electrons. The van der Waals surface area contributed by atoms with Crippen LogP contribution in [0.15, 0.2) is 18.2 Å². The van der Waals surface area contributed by atoms with Crippen molar-refractivity contribution < 1.29 is 14.3 Å². The highest BCUT2D eigenvalue weighted by molar-refractivity contribution is 5.74. The van der Waals surface area contributed by atoms with Gasteiger partial charge in [-0.15, -0.1) is 0 Å². The Kier molecular flexibility index (Phi) is 6.26. The Morgan fingerprint density at radius 1 is 1.17 bits per heavy atom. The second-order valence-electron chi connectivity index (χ2n) is 8.29. The highest BCUT2D eigenvalue weighted by atomic mass is 16.6. The standard InChI is InChI=1S/C19H28O3.C2H6/c1-17(2,3)22-15(20)11-13-9-8-10-14-16(13)19(6,7)21-12-18(14,4)5;1-2/h8-10H,11-12H2,1-7H3;1-2H3. The maximum atomic E-state index is 12.2. The second kappa shape index (κ2) is 7.26. The van der Waals surface area contributed by atoms with Gasteiger partial charge in [0.25, 0.3) is 0 Å². The van der Waals surface area contributed by atoms with E-state index < -0.39 is 5.60 Å². The first kappa shape index (κ1) is 20.7. The first-order valence-electron chi connectivity index (χ1n) is 8.91. The molecule has 2 rings (SSSR count). The van der Waals surface area contributed by atoms with E-state index in [1.807, 2.05) is 46.8 Å². The Morgan fingerprint density at radius 2 is 1.75 bits per heavy atom. The zero-order valence-electron chi connectivity index (χ0n) is 16.9. The van der Waals surface area contributed by atoms with E-state index >= 15 is 0 Å². The van der Waals surface area contributed by atoms with Gasteiger partial charge in [0, 0.05) is 5.41 Å². The lowest BCUT2D eigenvalue weighted by Crippen LogP contribution is -2.41. The summed E-state index contributed by atoms with van der Waals surface area (Å²) in [5.41, 5.74) is 2.52. The minimum absolute atomic E-state index is 0.0468. The third kappa shape index (κ3) is 4.83. The summed E-state index contributed by atoms with van der Waals surface area (Å²) >= 11 is 0. The summed E-state index contributed by atoms with van der Waals surface area (Å²) < 4.78 is 11.6. The normalized spacial score (nSPS) is 18.0. The molecule has 0 unspecified atom stereocenters. The summed E-state index contributed by atoms with van der Waals surface area (Å²) in [6.45, 7) is 18.9. The molecule has 3 nitrogen and oxygen atoms in total. The number of carbonyl (C=O) groups excluding carboxylic acids is 1. The molecule has 1 aliphatic rings. The van der Waals surface area contributed by atoms with Crippen LogP contribution in [0, 0.1) is 0 Å². The van der Waals surface area contributed by atoms with Gasteiger partial charge in [-0.1, -0.05) is 45.9 Å². The highest BCUT2D eigenvalue weighted by Crippen LogP contribution is 2.42. The molecule has 3 heteroatoms. The summed E-state index contributed by atoms with van der Waals surface area (Å²) in [6, 6.07) is 6.19. The van der Waals surface area contributed by atoms with E-state index in [0.717, 1.165) is 11.1 Å². The third-order valence-corrected chi connectivity index (χ3v) is 4.03. The monoisotopic (exact) mass is 334 g/mol. The topological polar surface area (TPSA) is 35.5 Å². The molecule has 0 bridgehead atoms. The average Bonchev–Trinajstić information content (AvgIpc) is 2.44. The molecule has 1 aromatic carbocycles. The fourth-order valence-corrected chi connectivity index (χ4v) is 3.07. The van der Waals surface area contributed by atoms with Crippen LogP contribution in [0.25, 0.3) is 0 Å². The number of hydrogen-bond acceptors (Lipinski definition) is 3. The number of hydrogen-bond donors (Lipinski definition) is 0. The van der Waals surface area contributed by atoms with Crippen molar-refractivity contribution >= 4 is 5.97 Å². The molecule has 1 aromatic rings. The molecule has 0 aliphatic carbocycles. The van der Waals surface area contributed by atoms with Crippen LogP contribution in [0.2, 0.25) is 0 Å². The lowest BCUT2D eigenvalue weighted by atomic mass is 9.73. The van der Waals surface area contributed by atoms with E-state index in [9.17, 15) is 4.79 Å². The van der Waals surface area contributed by atoms with Crippen LogP contribution >= 0.6 is 0 Å². The quantitative estimate of drug-likeness (QED) is 0.703. The predicted octanol–water partition coefficient (Wildman–Crippen LogP) is 5.14. The van der Waals surface area contributed by atoms with Crippen molar-refractivity contribution in [1.82, 2.24) is 0 Å². The van der Waals surface area contributed by atoms with Crippen molar-refractivity contribution in [2.24, 2.45) is 0 Å². The van der Waals surface area contributed by atoms with Gasteiger partial charge in [0.05, 0.1) is 18.6 Å². The molecule has 1 aliphatic heterocycles. The zero-order chi connectivity index (χ0) is 18.8. The predicted molar refractivity (Wildman–Crippen MR) is 99.3 cm³/mol. The Morgan fingerprint density at radius 3 is 2.29 bits per heavy atom. The lowest BCUT2D eigenvalue weighted by Gasteiger charge is -2.43. The molecule has 136 valence electrons. The van der Waals surface area contributed by atoms with Gasteiger partial charge in [-0.25, -0.2) is 0 Å². The minimum Gasteiger partial charge on any atom is -0.460 e. The van der Waals surface area contributed by atoms with Crippen molar-refractivity contribution in [2.45, 2.75) is 85.4 Å². The molecule has 24 heavy (non-hydrogen) atoms. The van der Waals surface area contributed by atoms with Crippen molar-refractivity contribution in [3.05, 3.63) is 34.9 Å². The maximum Gasteiger partial charge on any atom is 0.310 e. The van der Waals surface area contributed by atoms with Crippen LogP contribution in [-0.4, -0.2) is 18.2 Å². The number of esters is 1. The van der Waals surface area contributed by atoms with E-state index in [-0.39, 0.29) is 23.4 Å². The summed E-state index contributed by atoms with van der Waals surface area (Å²) in [7, 11) is 0. The van der Waals surface area contributed by atoms with Crippen molar-refractivity contribution in [3.63, 3.8) is 0 Å². The molecule has 1 heterocycles. The largest absolute Gasteiger partial charge is 0.460 e. The van der Waals surface area contributed by atoms with Gasteiger partial charge in [-0.3, -0.25) is 4.79 Å². The van der Waals surface area contributed by atoms with Crippen LogP contribution in [0.5, 0.6) is 0 Å². The Labute approximate surface area is 147 Å². The molecule has 0 spiro atoms. The van der Waals surface area contributed by atoms with Crippen molar-refractivity contribution in [3.8, 4) is 0 Å². The number of ether oxygens (including phenoxy) is 2. The smallest absolute Gasteiger partial charge is 0.310 e. The Hall–Kier alpha value is -1.35. The minimum atomic E-state index is -0.461. The van der Waals surface area contributed by atoms with E-state index in [0.29, 0.717) is 6.61 Å². The summed E-state index contributed by atoms with van der Waals surface area (Å²) in [6.07, 6.45) is 0.281. The Bertz CT molecular complexity index is 577. The zero-order valence-corrected chi connectivity index (χ0v) is 16.9. The molecule has 0 fully saturated rings. The van der Waals surface area contributed by atoms with Crippen LogP contribution in [0.1, 0.15) is 79.0 Å². The molecular formula is C21H34O3. The van der Waals surface area contributed by atoms with E-state index in [1.165, 1.54) is 5.56 Å². The molecule has 0 saturated heterocycles. The van der Waals surface area contributed by atoms with Gasteiger partial charge in [-0.2, -0.15) is 0 Å². The fourth-order valence-electron chi connectivity index (χ4n) is 3.07. The van der Waals surface area contributed by atoms with Gasteiger partial charge >= 0.3 is 5.97 Å². The fraction of sp³-hybridized carbons (Fsp3) is 0.667. The van der Waals surface area contributed by atoms with Crippen molar-refractivity contribution in [2.75, 3.05) is 6.61 Å².